The third kappa shape index (κ3) is 4.98. The Morgan fingerprint density at radius 2 is 1.66 bits per heavy atom. The summed E-state index contributed by atoms with van der Waals surface area (Å²) >= 11 is 0. The van der Waals surface area contributed by atoms with Crippen molar-refractivity contribution in [2.75, 3.05) is 6.54 Å². The van der Waals surface area contributed by atoms with Crippen LogP contribution in [0, 0.1) is 6.92 Å². The molecule has 0 bridgehead atoms. The molecule has 0 fully saturated rings. The summed E-state index contributed by atoms with van der Waals surface area (Å²) in [6, 6.07) is 30.2. The number of aliphatic hydroxyl groups excluding tert-OH is 1. The number of rotatable bonds is 8. The van der Waals surface area contributed by atoms with Crippen LogP contribution < -0.4 is 10.1 Å². The summed E-state index contributed by atoms with van der Waals surface area (Å²) < 4.78 is 6.45. The van der Waals surface area contributed by atoms with Crippen molar-refractivity contribution in [3.8, 4) is 5.75 Å². The molecular formula is C32H35NO2. The quantitative estimate of drug-likeness (QED) is 0.274. The SMILES string of the molecule is Cc1c(CO)cccc1[C@H]1C[C@@H](CCCN[C@H](C)c2cccc3ccccc23)Oc2ccccc21. The van der Waals surface area contributed by atoms with Gasteiger partial charge in [0.1, 0.15) is 5.75 Å². The maximum atomic E-state index is 9.79. The second-order valence-corrected chi connectivity index (χ2v) is 9.74. The third-order valence-electron chi connectivity index (χ3n) is 7.56. The van der Waals surface area contributed by atoms with Crippen LogP contribution in [0.1, 0.15) is 66.0 Å². The van der Waals surface area contributed by atoms with Crippen LogP contribution in [0.25, 0.3) is 10.8 Å². The molecule has 2 N–H and O–H groups in total. The third-order valence-corrected chi connectivity index (χ3v) is 7.56. The number of ether oxygens (including phenoxy) is 1. The largest absolute Gasteiger partial charge is 0.490 e. The summed E-state index contributed by atoms with van der Waals surface area (Å²) in [5.74, 6) is 1.29. The van der Waals surface area contributed by atoms with E-state index in [1.807, 2.05) is 6.07 Å². The Morgan fingerprint density at radius 3 is 2.54 bits per heavy atom. The minimum absolute atomic E-state index is 0.0779. The molecule has 0 amide bonds. The first kappa shape index (κ1) is 23.6. The van der Waals surface area contributed by atoms with Crippen LogP contribution >= 0.6 is 0 Å². The number of benzene rings is 4. The summed E-state index contributed by atoms with van der Waals surface area (Å²) in [5, 5.41) is 16.1. The normalized spacial score (nSPS) is 18.1. The van der Waals surface area contributed by atoms with Crippen molar-refractivity contribution in [2.24, 2.45) is 0 Å². The zero-order chi connectivity index (χ0) is 24.2. The summed E-state index contributed by atoms with van der Waals surface area (Å²) in [6.07, 6.45) is 3.22. The highest BCUT2D eigenvalue weighted by Gasteiger charge is 2.30. The van der Waals surface area contributed by atoms with E-state index in [2.05, 4.69) is 98.0 Å². The first-order valence-electron chi connectivity index (χ1n) is 12.8. The molecule has 3 heteroatoms. The summed E-state index contributed by atoms with van der Waals surface area (Å²) in [7, 11) is 0. The van der Waals surface area contributed by atoms with Gasteiger partial charge in [0.25, 0.3) is 0 Å². The monoisotopic (exact) mass is 465 g/mol. The highest BCUT2D eigenvalue weighted by molar-refractivity contribution is 5.86. The topological polar surface area (TPSA) is 41.5 Å². The zero-order valence-corrected chi connectivity index (χ0v) is 20.7. The van der Waals surface area contributed by atoms with Crippen molar-refractivity contribution in [3.63, 3.8) is 0 Å². The van der Waals surface area contributed by atoms with Crippen LogP contribution in [0.2, 0.25) is 0 Å². The van der Waals surface area contributed by atoms with Gasteiger partial charge in [-0.2, -0.15) is 0 Å². The molecule has 180 valence electrons. The van der Waals surface area contributed by atoms with Gasteiger partial charge >= 0.3 is 0 Å². The maximum absolute atomic E-state index is 9.79. The number of hydrogen-bond donors (Lipinski definition) is 2. The fourth-order valence-electron chi connectivity index (χ4n) is 5.60. The van der Waals surface area contributed by atoms with Gasteiger partial charge in [0.05, 0.1) is 12.7 Å². The highest BCUT2D eigenvalue weighted by atomic mass is 16.5. The lowest BCUT2D eigenvalue weighted by atomic mass is 9.80. The molecule has 0 saturated carbocycles. The van der Waals surface area contributed by atoms with Crippen LogP contribution in [0.15, 0.2) is 84.9 Å². The molecule has 3 atom stereocenters. The number of aliphatic hydroxyl groups is 1. The molecule has 5 rings (SSSR count). The van der Waals surface area contributed by atoms with Gasteiger partial charge in [0, 0.05) is 17.5 Å². The van der Waals surface area contributed by atoms with E-state index in [0.29, 0.717) is 12.0 Å². The van der Waals surface area contributed by atoms with Crippen LogP contribution in [-0.2, 0) is 6.61 Å². The maximum Gasteiger partial charge on any atom is 0.123 e. The molecule has 0 radical (unpaired) electrons. The molecule has 0 saturated heterocycles. The predicted molar refractivity (Wildman–Crippen MR) is 144 cm³/mol. The number of hydrogen-bond acceptors (Lipinski definition) is 3. The van der Waals surface area contributed by atoms with Crippen molar-refractivity contribution >= 4 is 10.8 Å². The van der Waals surface area contributed by atoms with E-state index in [0.717, 1.165) is 37.1 Å². The van der Waals surface area contributed by atoms with Crippen LogP contribution in [0.4, 0.5) is 0 Å². The lowest BCUT2D eigenvalue weighted by Crippen LogP contribution is -2.28. The smallest absolute Gasteiger partial charge is 0.123 e. The van der Waals surface area contributed by atoms with Gasteiger partial charge in [-0.05, 0) is 78.7 Å². The van der Waals surface area contributed by atoms with E-state index >= 15 is 0 Å². The van der Waals surface area contributed by atoms with Crippen molar-refractivity contribution in [3.05, 3.63) is 113 Å². The average molecular weight is 466 g/mol. The molecule has 1 aliphatic rings. The van der Waals surface area contributed by atoms with E-state index in [9.17, 15) is 5.11 Å². The van der Waals surface area contributed by atoms with E-state index < -0.39 is 0 Å². The Labute approximate surface area is 208 Å². The van der Waals surface area contributed by atoms with E-state index in [1.54, 1.807) is 0 Å². The molecular weight excluding hydrogens is 430 g/mol. The molecule has 4 aromatic carbocycles. The Morgan fingerprint density at radius 1 is 0.914 bits per heavy atom. The van der Waals surface area contributed by atoms with Gasteiger partial charge in [-0.1, -0.05) is 78.9 Å². The highest BCUT2D eigenvalue weighted by Crippen LogP contribution is 2.42. The lowest BCUT2D eigenvalue weighted by Gasteiger charge is -2.33. The minimum atomic E-state index is 0.0779. The average Bonchev–Trinajstić information content (AvgIpc) is 2.90. The van der Waals surface area contributed by atoms with E-state index in [-0.39, 0.29) is 12.7 Å². The van der Waals surface area contributed by atoms with Gasteiger partial charge < -0.3 is 15.2 Å². The number of para-hydroxylation sites is 1. The molecule has 1 aliphatic heterocycles. The van der Waals surface area contributed by atoms with Crippen LogP contribution in [-0.4, -0.2) is 17.8 Å². The second-order valence-electron chi connectivity index (χ2n) is 9.74. The molecule has 0 aliphatic carbocycles. The summed E-state index contributed by atoms with van der Waals surface area (Å²) in [6.45, 7) is 5.42. The summed E-state index contributed by atoms with van der Waals surface area (Å²) in [5.41, 5.74) is 6.12. The zero-order valence-electron chi connectivity index (χ0n) is 20.7. The Kier molecular flexibility index (Phi) is 7.17. The van der Waals surface area contributed by atoms with Gasteiger partial charge in [-0.25, -0.2) is 0 Å². The van der Waals surface area contributed by atoms with Gasteiger partial charge in [0.2, 0.25) is 0 Å². The fraction of sp³-hybridized carbons (Fsp3) is 0.312. The Bertz CT molecular complexity index is 1290. The first-order valence-corrected chi connectivity index (χ1v) is 12.8. The minimum Gasteiger partial charge on any atom is -0.490 e. The molecule has 3 nitrogen and oxygen atoms in total. The molecule has 35 heavy (non-hydrogen) atoms. The van der Waals surface area contributed by atoms with Crippen molar-refractivity contribution < 1.29 is 9.84 Å². The van der Waals surface area contributed by atoms with Crippen LogP contribution in [0.3, 0.4) is 0 Å². The summed E-state index contributed by atoms with van der Waals surface area (Å²) in [4.78, 5) is 0. The van der Waals surface area contributed by atoms with Gasteiger partial charge in [0.15, 0.2) is 0 Å². The van der Waals surface area contributed by atoms with Gasteiger partial charge in [-0.3, -0.25) is 0 Å². The molecule has 0 unspecified atom stereocenters. The first-order chi connectivity index (χ1) is 17.2. The fourth-order valence-corrected chi connectivity index (χ4v) is 5.60. The number of nitrogens with one attached hydrogen (secondary N) is 1. The predicted octanol–water partition coefficient (Wildman–Crippen LogP) is 7.05. The van der Waals surface area contributed by atoms with Gasteiger partial charge in [-0.15, -0.1) is 0 Å². The lowest BCUT2D eigenvalue weighted by molar-refractivity contribution is 0.152. The molecule has 4 aromatic rings. The second kappa shape index (κ2) is 10.6. The van der Waals surface area contributed by atoms with E-state index in [1.165, 1.54) is 33.0 Å². The van der Waals surface area contributed by atoms with Crippen molar-refractivity contribution in [1.82, 2.24) is 5.32 Å². The van der Waals surface area contributed by atoms with E-state index in [4.69, 9.17) is 4.74 Å². The Balaban J connectivity index is 1.25. The molecule has 0 spiro atoms. The van der Waals surface area contributed by atoms with Crippen molar-refractivity contribution in [1.29, 1.82) is 0 Å². The molecule has 1 heterocycles. The number of fused-ring (bicyclic) bond motifs is 2. The van der Waals surface area contributed by atoms with Crippen LogP contribution in [0.5, 0.6) is 5.75 Å². The van der Waals surface area contributed by atoms with Crippen molar-refractivity contribution in [2.45, 2.75) is 57.8 Å². The standard InChI is InChI=1S/C32H35NO2/c1-22-25(21-34)12-8-16-27(22)31-20-26(35-32-18-6-5-15-30(31)32)13-9-19-33-23(2)28-17-7-11-24-10-3-4-14-29(24)28/h3-8,10-12,14-18,23,26,31,33-34H,9,13,19-21H2,1-2H3/t23-,26-,31-/m1/s1. The Hall–Kier alpha value is -3.14. The molecule has 0 aromatic heterocycles.